The van der Waals surface area contributed by atoms with Gasteiger partial charge in [0.2, 0.25) is 0 Å². The smallest absolute Gasteiger partial charge is 0.193 e. The van der Waals surface area contributed by atoms with Gasteiger partial charge in [0.1, 0.15) is 0 Å². The van der Waals surface area contributed by atoms with Gasteiger partial charge in [0, 0.05) is 23.3 Å². The van der Waals surface area contributed by atoms with E-state index in [1.54, 1.807) is 11.3 Å². The van der Waals surface area contributed by atoms with Crippen LogP contribution in [0.1, 0.15) is 48.9 Å². The molecule has 0 aliphatic rings. The zero-order chi connectivity index (χ0) is 16.7. The molecule has 1 heterocycles. The van der Waals surface area contributed by atoms with Crippen molar-refractivity contribution in [2.24, 2.45) is 10.7 Å². The maximum Gasteiger partial charge on any atom is 0.193 e. The lowest BCUT2D eigenvalue weighted by Gasteiger charge is -2.09. The summed E-state index contributed by atoms with van der Waals surface area (Å²) in [5.41, 5.74) is 9.36. The summed E-state index contributed by atoms with van der Waals surface area (Å²) in [7, 11) is 0. The van der Waals surface area contributed by atoms with Gasteiger partial charge in [-0.05, 0) is 49.8 Å². The number of thiazole rings is 1. The Morgan fingerprint density at radius 1 is 1.35 bits per heavy atom. The number of hydrogen-bond donors (Lipinski definition) is 2. The van der Waals surface area contributed by atoms with E-state index >= 15 is 0 Å². The van der Waals surface area contributed by atoms with Crippen molar-refractivity contribution in [2.75, 3.05) is 11.9 Å². The van der Waals surface area contributed by atoms with Crippen LogP contribution in [-0.4, -0.2) is 17.5 Å². The number of aryl methyl sites for hydroxylation is 2. The van der Waals surface area contributed by atoms with Crippen molar-refractivity contribution in [3.63, 3.8) is 0 Å². The number of nitrogens with two attached hydrogens (primary N) is 1. The second-order valence-electron chi connectivity index (χ2n) is 6.01. The van der Waals surface area contributed by atoms with E-state index in [0.29, 0.717) is 11.9 Å². The molecule has 0 aliphatic heterocycles. The van der Waals surface area contributed by atoms with Crippen LogP contribution in [0.2, 0.25) is 0 Å². The van der Waals surface area contributed by atoms with Crippen molar-refractivity contribution in [1.29, 1.82) is 0 Å². The minimum atomic E-state index is 0.482. The summed E-state index contributed by atoms with van der Waals surface area (Å²) in [6.45, 7) is 7.14. The van der Waals surface area contributed by atoms with Crippen LogP contribution in [0.15, 0.2) is 34.6 Å². The van der Waals surface area contributed by atoms with Crippen molar-refractivity contribution in [2.45, 2.75) is 46.0 Å². The molecular weight excluding hydrogens is 304 g/mol. The Hall–Kier alpha value is -1.88. The van der Waals surface area contributed by atoms with Gasteiger partial charge in [-0.3, -0.25) is 4.99 Å². The number of nitrogens with one attached hydrogen (secondary N) is 1. The third-order valence-electron chi connectivity index (χ3n) is 3.57. The van der Waals surface area contributed by atoms with Gasteiger partial charge in [-0.2, -0.15) is 0 Å². The number of aromatic nitrogens is 1. The summed E-state index contributed by atoms with van der Waals surface area (Å²) in [6, 6.07) is 8.31. The van der Waals surface area contributed by atoms with Crippen LogP contribution >= 0.6 is 11.3 Å². The lowest BCUT2D eigenvalue weighted by Crippen LogP contribution is -2.22. The van der Waals surface area contributed by atoms with Gasteiger partial charge in [-0.25, -0.2) is 4.98 Å². The van der Waals surface area contributed by atoms with Gasteiger partial charge in [-0.1, -0.05) is 26.0 Å². The first kappa shape index (κ1) is 17.5. The zero-order valence-electron chi connectivity index (χ0n) is 14.2. The van der Waals surface area contributed by atoms with Crippen LogP contribution in [0.5, 0.6) is 0 Å². The summed E-state index contributed by atoms with van der Waals surface area (Å²) >= 11 is 1.74. The molecule has 0 aliphatic carbocycles. The largest absolute Gasteiger partial charge is 0.370 e. The van der Waals surface area contributed by atoms with Crippen molar-refractivity contribution in [3.8, 4) is 0 Å². The quantitative estimate of drug-likeness (QED) is 0.451. The summed E-state index contributed by atoms with van der Waals surface area (Å²) in [4.78, 5) is 8.86. The van der Waals surface area contributed by atoms with Crippen molar-refractivity contribution in [1.82, 2.24) is 4.98 Å². The maximum absolute atomic E-state index is 5.96. The number of guanidine groups is 1. The highest BCUT2D eigenvalue weighted by molar-refractivity contribution is 7.09. The molecule has 124 valence electrons. The summed E-state index contributed by atoms with van der Waals surface area (Å²) in [5, 5.41) is 6.48. The van der Waals surface area contributed by atoms with E-state index < -0.39 is 0 Å². The number of anilines is 1. The average molecular weight is 331 g/mol. The van der Waals surface area contributed by atoms with Gasteiger partial charge in [0.25, 0.3) is 0 Å². The molecule has 3 N–H and O–H groups in total. The predicted molar refractivity (Wildman–Crippen MR) is 100 cm³/mol. The first-order valence-corrected chi connectivity index (χ1v) is 9.00. The fraction of sp³-hybridized carbons (Fsp3) is 0.444. The van der Waals surface area contributed by atoms with Crippen LogP contribution < -0.4 is 11.1 Å². The Balaban J connectivity index is 1.73. The SMILES string of the molecule is Cc1csc(CCCCN=C(N)Nc2cccc(C(C)C)c2)n1. The Morgan fingerprint density at radius 3 is 2.87 bits per heavy atom. The van der Waals surface area contributed by atoms with Gasteiger partial charge in [0.05, 0.1) is 5.01 Å². The minimum Gasteiger partial charge on any atom is -0.370 e. The van der Waals surface area contributed by atoms with Crippen molar-refractivity contribution in [3.05, 3.63) is 45.9 Å². The Kier molecular flexibility index (Phi) is 6.59. The van der Waals surface area contributed by atoms with Gasteiger partial charge >= 0.3 is 0 Å². The first-order valence-electron chi connectivity index (χ1n) is 8.12. The maximum atomic E-state index is 5.96. The van der Waals surface area contributed by atoms with E-state index in [-0.39, 0.29) is 0 Å². The standard InChI is InChI=1S/C18H26N4S/c1-13(2)15-7-6-8-16(11-15)22-18(19)20-10-5-4-9-17-21-14(3)12-23-17/h6-8,11-13H,4-5,9-10H2,1-3H3,(H3,19,20,22). The molecule has 0 spiro atoms. The van der Waals surface area contributed by atoms with Crippen LogP contribution in [-0.2, 0) is 6.42 Å². The molecule has 0 unspecified atom stereocenters. The summed E-state index contributed by atoms with van der Waals surface area (Å²) in [5.74, 6) is 0.986. The van der Waals surface area contributed by atoms with Crippen LogP contribution in [0.4, 0.5) is 5.69 Å². The molecule has 2 rings (SSSR count). The number of hydrogen-bond acceptors (Lipinski definition) is 3. The van der Waals surface area contributed by atoms with Gasteiger partial charge in [0.15, 0.2) is 5.96 Å². The number of rotatable bonds is 7. The molecule has 0 bridgehead atoms. The van der Waals surface area contributed by atoms with Crippen molar-refractivity contribution < 1.29 is 0 Å². The third kappa shape index (κ3) is 6.02. The number of unbranched alkanes of at least 4 members (excludes halogenated alkanes) is 1. The Morgan fingerprint density at radius 2 is 2.17 bits per heavy atom. The molecule has 1 aromatic heterocycles. The molecule has 0 radical (unpaired) electrons. The van der Waals surface area contributed by atoms with Gasteiger partial charge < -0.3 is 11.1 Å². The molecule has 0 fully saturated rings. The van der Waals surface area contributed by atoms with E-state index in [9.17, 15) is 0 Å². The molecule has 0 atom stereocenters. The molecule has 1 aromatic carbocycles. The van der Waals surface area contributed by atoms with Crippen LogP contribution in [0.3, 0.4) is 0 Å². The predicted octanol–water partition coefficient (Wildman–Crippen LogP) is 4.32. The molecule has 4 nitrogen and oxygen atoms in total. The Labute approximate surface area is 142 Å². The highest BCUT2D eigenvalue weighted by Gasteiger charge is 2.01. The minimum absolute atomic E-state index is 0.482. The zero-order valence-corrected chi connectivity index (χ0v) is 15.0. The highest BCUT2D eigenvalue weighted by atomic mass is 32.1. The molecule has 0 amide bonds. The second-order valence-corrected chi connectivity index (χ2v) is 6.95. The summed E-state index contributed by atoms with van der Waals surface area (Å²) in [6.07, 6.45) is 3.14. The summed E-state index contributed by atoms with van der Waals surface area (Å²) < 4.78 is 0. The average Bonchev–Trinajstić information content (AvgIpc) is 2.92. The van der Waals surface area contributed by atoms with E-state index in [1.807, 2.05) is 19.1 Å². The molecule has 5 heteroatoms. The van der Waals surface area contributed by atoms with Crippen molar-refractivity contribution >= 4 is 23.0 Å². The van der Waals surface area contributed by atoms with Crippen LogP contribution in [0.25, 0.3) is 0 Å². The second kappa shape index (κ2) is 8.67. The van der Waals surface area contributed by atoms with Crippen LogP contribution in [0, 0.1) is 6.92 Å². The first-order chi connectivity index (χ1) is 11.0. The fourth-order valence-electron chi connectivity index (χ4n) is 2.27. The lowest BCUT2D eigenvalue weighted by atomic mass is 10.0. The number of benzene rings is 1. The number of nitrogens with zero attached hydrogens (tertiary/aromatic N) is 2. The van der Waals surface area contributed by atoms with Gasteiger partial charge in [-0.15, -0.1) is 11.3 Å². The topological polar surface area (TPSA) is 63.3 Å². The molecule has 0 saturated heterocycles. The molecule has 2 aromatic rings. The highest BCUT2D eigenvalue weighted by Crippen LogP contribution is 2.18. The number of aliphatic imine (C=N–C) groups is 1. The normalized spacial score (nSPS) is 11.9. The fourth-order valence-corrected chi connectivity index (χ4v) is 3.09. The van der Waals surface area contributed by atoms with E-state index in [1.165, 1.54) is 10.6 Å². The van der Waals surface area contributed by atoms with E-state index in [0.717, 1.165) is 37.2 Å². The van der Waals surface area contributed by atoms with E-state index in [4.69, 9.17) is 5.73 Å². The monoisotopic (exact) mass is 330 g/mol. The molecular formula is C18H26N4S. The molecule has 0 saturated carbocycles. The molecule has 23 heavy (non-hydrogen) atoms. The van der Waals surface area contributed by atoms with E-state index in [2.05, 4.69) is 46.7 Å². The Bertz CT molecular complexity index is 646. The lowest BCUT2D eigenvalue weighted by molar-refractivity contribution is 0.741. The third-order valence-corrected chi connectivity index (χ3v) is 4.60.